The van der Waals surface area contributed by atoms with E-state index in [4.69, 9.17) is 9.15 Å². The standard InChI is InChI=1S/C14H16N2O4/c1-10(2)20-14-7-11(6-12(8-14)16(17)18)15-9-13-4-3-5-19-13/h3-8,10,15H,9H2,1-2H3. The van der Waals surface area contributed by atoms with Gasteiger partial charge in [0.15, 0.2) is 0 Å². The zero-order valence-electron chi connectivity index (χ0n) is 11.3. The number of hydrogen-bond donors (Lipinski definition) is 1. The van der Waals surface area contributed by atoms with Gasteiger partial charge in [-0.1, -0.05) is 0 Å². The predicted molar refractivity (Wildman–Crippen MR) is 74.9 cm³/mol. The van der Waals surface area contributed by atoms with Crippen molar-refractivity contribution in [2.45, 2.75) is 26.5 Å². The first-order chi connectivity index (χ1) is 9.54. The Kier molecular flexibility index (Phi) is 4.24. The van der Waals surface area contributed by atoms with Gasteiger partial charge in [-0.05, 0) is 26.0 Å². The minimum Gasteiger partial charge on any atom is -0.491 e. The molecular weight excluding hydrogens is 260 g/mol. The summed E-state index contributed by atoms with van der Waals surface area (Å²) in [6.07, 6.45) is 1.53. The number of furan rings is 1. The lowest BCUT2D eigenvalue weighted by atomic mass is 10.2. The first-order valence-electron chi connectivity index (χ1n) is 6.27. The molecule has 0 saturated carbocycles. The average molecular weight is 276 g/mol. The topological polar surface area (TPSA) is 77.5 Å². The molecule has 0 spiro atoms. The second kappa shape index (κ2) is 6.10. The molecule has 0 amide bonds. The van der Waals surface area contributed by atoms with E-state index in [0.29, 0.717) is 18.0 Å². The molecule has 0 aliphatic heterocycles. The van der Waals surface area contributed by atoms with Crippen LogP contribution in [0.15, 0.2) is 41.0 Å². The summed E-state index contributed by atoms with van der Waals surface area (Å²) in [5, 5.41) is 14.0. The van der Waals surface area contributed by atoms with E-state index in [1.807, 2.05) is 19.9 Å². The Morgan fingerprint density at radius 3 is 2.80 bits per heavy atom. The van der Waals surface area contributed by atoms with Crippen LogP contribution in [-0.4, -0.2) is 11.0 Å². The Morgan fingerprint density at radius 2 is 2.20 bits per heavy atom. The Bertz CT molecular complexity index is 579. The van der Waals surface area contributed by atoms with Gasteiger partial charge in [-0.3, -0.25) is 10.1 Å². The highest BCUT2D eigenvalue weighted by Gasteiger charge is 2.11. The Balaban J connectivity index is 2.17. The van der Waals surface area contributed by atoms with Crippen molar-refractivity contribution in [3.8, 4) is 5.75 Å². The molecule has 0 atom stereocenters. The average Bonchev–Trinajstić information content (AvgIpc) is 2.88. The smallest absolute Gasteiger partial charge is 0.275 e. The van der Waals surface area contributed by atoms with Crippen molar-refractivity contribution in [3.63, 3.8) is 0 Å². The van der Waals surface area contributed by atoms with E-state index in [1.54, 1.807) is 18.4 Å². The molecule has 0 aliphatic carbocycles. The number of non-ortho nitro benzene ring substituents is 1. The maximum absolute atomic E-state index is 10.9. The van der Waals surface area contributed by atoms with Crippen LogP contribution in [0, 0.1) is 10.1 Å². The van der Waals surface area contributed by atoms with Crippen molar-refractivity contribution in [3.05, 3.63) is 52.5 Å². The highest BCUT2D eigenvalue weighted by molar-refractivity contribution is 5.56. The number of nitro benzene ring substituents is 1. The molecule has 1 N–H and O–H groups in total. The van der Waals surface area contributed by atoms with Crippen molar-refractivity contribution in [1.82, 2.24) is 0 Å². The Hall–Kier alpha value is -2.50. The van der Waals surface area contributed by atoms with Crippen molar-refractivity contribution in [2.24, 2.45) is 0 Å². The van der Waals surface area contributed by atoms with E-state index in [1.165, 1.54) is 12.1 Å². The zero-order valence-corrected chi connectivity index (χ0v) is 11.3. The number of nitrogens with one attached hydrogen (secondary N) is 1. The largest absolute Gasteiger partial charge is 0.491 e. The number of ether oxygens (including phenoxy) is 1. The molecule has 0 aliphatic rings. The van der Waals surface area contributed by atoms with E-state index >= 15 is 0 Å². The molecule has 6 nitrogen and oxygen atoms in total. The molecule has 0 bridgehead atoms. The van der Waals surface area contributed by atoms with E-state index in [-0.39, 0.29) is 11.8 Å². The van der Waals surface area contributed by atoms with Gasteiger partial charge in [-0.15, -0.1) is 0 Å². The maximum Gasteiger partial charge on any atom is 0.275 e. The summed E-state index contributed by atoms with van der Waals surface area (Å²) in [7, 11) is 0. The zero-order chi connectivity index (χ0) is 14.5. The van der Waals surface area contributed by atoms with Crippen molar-refractivity contribution in [2.75, 3.05) is 5.32 Å². The fraction of sp³-hybridized carbons (Fsp3) is 0.286. The normalized spacial score (nSPS) is 10.6. The van der Waals surface area contributed by atoms with Gasteiger partial charge in [0.1, 0.15) is 11.5 Å². The molecule has 1 aromatic carbocycles. The number of nitrogens with zero attached hydrogens (tertiary/aromatic N) is 1. The number of anilines is 1. The van der Waals surface area contributed by atoms with Crippen LogP contribution in [0.4, 0.5) is 11.4 Å². The van der Waals surface area contributed by atoms with Crippen LogP contribution in [0.5, 0.6) is 5.75 Å². The first kappa shape index (κ1) is 13.9. The highest BCUT2D eigenvalue weighted by Crippen LogP contribution is 2.27. The molecule has 0 unspecified atom stereocenters. The van der Waals surface area contributed by atoms with E-state index in [2.05, 4.69) is 5.32 Å². The lowest BCUT2D eigenvalue weighted by Crippen LogP contribution is -2.07. The third-order valence-electron chi connectivity index (χ3n) is 2.52. The van der Waals surface area contributed by atoms with Crippen molar-refractivity contribution < 1.29 is 14.1 Å². The van der Waals surface area contributed by atoms with Gasteiger partial charge in [0.2, 0.25) is 0 Å². The number of nitro groups is 1. The van der Waals surface area contributed by atoms with Gasteiger partial charge in [0, 0.05) is 17.8 Å². The molecule has 1 aromatic heterocycles. The van der Waals surface area contributed by atoms with Crippen molar-refractivity contribution in [1.29, 1.82) is 0 Å². The monoisotopic (exact) mass is 276 g/mol. The molecule has 2 rings (SSSR count). The van der Waals surface area contributed by atoms with E-state index in [0.717, 1.165) is 5.76 Å². The predicted octanol–water partition coefficient (Wildman–Crippen LogP) is 3.59. The summed E-state index contributed by atoms with van der Waals surface area (Å²) in [6, 6.07) is 8.23. The molecule has 106 valence electrons. The van der Waals surface area contributed by atoms with Crippen LogP contribution in [0.1, 0.15) is 19.6 Å². The second-order valence-electron chi connectivity index (χ2n) is 4.57. The quantitative estimate of drug-likeness (QED) is 0.644. The summed E-state index contributed by atoms with van der Waals surface area (Å²) < 4.78 is 10.7. The Labute approximate surface area is 116 Å². The third kappa shape index (κ3) is 3.74. The molecule has 2 aromatic rings. The van der Waals surface area contributed by atoms with Crippen LogP contribution in [-0.2, 0) is 6.54 Å². The minimum atomic E-state index is -0.439. The van der Waals surface area contributed by atoms with Crippen LogP contribution in [0.3, 0.4) is 0 Å². The number of hydrogen-bond acceptors (Lipinski definition) is 5. The summed E-state index contributed by atoms with van der Waals surface area (Å²) in [5.74, 6) is 1.22. The van der Waals surface area contributed by atoms with Gasteiger partial charge in [0.25, 0.3) is 5.69 Å². The lowest BCUT2D eigenvalue weighted by Gasteiger charge is -2.12. The van der Waals surface area contributed by atoms with E-state index < -0.39 is 4.92 Å². The third-order valence-corrected chi connectivity index (χ3v) is 2.52. The molecule has 0 radical (unpaired) electrons. The molecule has 0 saturated heterocycles. The SMILES string of the molecule is CC(C)Oc1cc(NCc2ccco2)cc([N+](=O)[O-])c1. The number of benzene rings is 1. The highest BCUT2D eigenvalue weighted by atomic mass is 16.6. The van der Waals surface area contributed by atoms with Crippen LogP contribution in [0.25, 0.3) is 0 Å². The Morgan fingerprint density at radius 1 is 1.40 bits per heavy atom. The maximum atomic E-state index is 10.9. The van der Waals surface area contributed by atoms with Gasteiger partial charge >= 0.3 is 0 Å². The molecule has 0 fully saturated rings. The fourth-order valence-corrected chi connectivity index (χ4v) is 1.73. The van der Waals surface area contributed by atoms with Gasteiger partial charge in [-0.2, -0.15) is 0 Å². The van der Waals surface area contributed by atoms with Gasteiger partial charge in [-0.25, -0.2) is 0 Å². The first-order valence-corrected chi connectivity index (χ1v) is 6.27. The van der Waals surface area contributed by atoms with E-state index in [9.17, 15) is 10.1 Å². The number of rotatable bonds is 6. The summed E-state index contributed by atoms with van der Waals surface area (Å²) >= 11 is 0. The molecule has 6 heteroatoms. The minimum absolute atomic E-state index is 0.00917. The van der Waals surface area contributed by atoms with Gasteiger partial charge < -0.3 is 14.5 Å². The molecular formula is C14H16N2O4. The molecule has 1 heterocycles. The summed E-state index contributed by atoms with van der Waals surface area (Å²) in [5.41, 5.74) is 0.608. The van der Waals surface area contributed by atoms with Crippen LogP contribution in [0.2, 0.25) is 0 Å². The summed E-state index contributed by atoms with van der Waals surface area (Å²) in [6.45, 7) is 4.19. The summed E-state index contributed by atoms with van der Waals surface area (Å²) in [4.78, 5) is 10.5. The second-order valence-corrected chi connectivity index (χ2v) is 4.57. The lowest BCUT2D eigenvalue weighted by molar-refractivity contribution is -0.384. The van der Waals surface area contributed by atoms with Crippen LogP contribution >= 0.6 is 0 Å². The molecule has 20 heavy (non-hydrogen) atoms. The van der Waals surface area contributed by atoms with Gasteiger partial charge in [0.05, 0.1) is 29.9 Å². The van der Waals surface area contributed by atoms with Crippen LogP contribution < -0.4 is 10.1 Å². The fourth-order valence-electron chi connectivity index (χ4n) is 1.73. The van der Waals surface area contributed by atoms with Crippen molar-refractivity contribution >= 4 is 11.4 Å².